The van der Waals surface area contributed by atoms with Crippen LogP contribution in [0.1, 0.15) is 16.9 Å². The molecule has 0 radical (unpaired) electrons. The zero-order valence-corrected chi connectivity index (χ0v) is 17.0. The Kier molecular flexibility index (Phi) is 6.08. The number of hydrogen-bond acceptors (Lipinski definition) is 3. The van der Waals surface area contributed by atoms with Crippen LogP contribution in [0, 0.1) is 11.2 Å². The Bertz CT molecular complexity index is 1160. The molecule has 0 bridgehead atoms. The number of nitrogens with two attached hydrogens (primary N) is 1. The lowest BCUT2D eigenvalue weighted by Crippen LogP contribution is -2.36. The van der Waals surface area contributed by atoms with Crippen LogP contribution in [-0.2, 0) is 19.4 Å². The van der Waals surface area contributed by atoms with E-state index >= 15 is 0 Å². The van der Waals surface area contributed by atoms with Crippen LogP contribution in [0.25, 0.3) is 11.1 Å². The minimum absolute atomic E-state index is 0.109. The van der Waals surface area contributed by atoms with Gasteiger partial charge in [-0.05, 0) is 29.2 Å². The molecule has 6 heteroatoms. The molecule has 0 atom stereocenters. The molecule has 0 aliphatic heterocycles. The van der Waals surface area contributed by atoms with E-state index in [9.17, 15) is 4.39 Å². The number of aryl methyl sites for hydroxylation is 2. The first-order valence-electron chi connectivity index (χ1n) is 10.0. The van der Waals surface area contributed by atoms with Gasteiger partial charge in [0.05, 0.1) is 6.54 Å². The second kappa shape index (κ2) is 9.26. The molecule has 5 nitrogen and oxygen atoms in total. The van der Waals surface area contributed by atoms with Crippen LogP contribution in [0.3, 0.4) is 0 Å². The van der Waals surface area contributed by atoms with Crippen LogP contribution in [0.5, 0.6) is 0 Å². The van der Waals surface area contributed by atoms with Crippen molar-refractivity contribution in [1.29, 1.82) is 5.41 Å². The standard InChI is InChI=1S/C25H23FN4O/c26-23-15-18(12-14-22(23)20-9-5-2-6-10-20)11-13-21-16-24(29-31-21)30(25(27)28)17-19-7-3-1-4-8-19/h1-10,12,14-16H,11,13,17H2,(H3,27,28). The SMILES string of the molecule is N=C(N)N(Cc1ccccc1)c1cc(CCc2ccc(-c3ccccc3)c(F)c2)on1. The molecular formula is C25H23FN4O. The zero-order valence-electron chi connectivity index (χ0n) is 17.0. The molecule has 0 aliphatic carbocycles. The number of anilines is 1. The van der Waals surface area contributed by atoms with Crippen molar-refractivity contribution in [3.05, 3.63) is 108 Å². The third-order valence-electron chi connectivity index (χ3n) is 5.08. The van der Waals surface area contributed by atoms with Crippen LogP contribution >= 0.6 is 0 Å². The first-order chi connectivity index (χ1) is 15.1. The lowest BCUT2D eigenvalue weighted by atomic mass is 10.0. The molecule has 156 valence electrons. The van der Waals surface area contributed by atoms with Gasteiger partial charge in [0.15, 0.2) is 11.8 Å². The maximum absolute atomic E-state index is 14.6. The van der Waals surface area contributed by atoms with Gasteiger partial charge in [-0.15, -0.1) is 0 Å². The Morgan fingerprint density at radius 3 is 2.29 bits per heavy atom. The Labute approximate surface area is 180 Å². The summed E-state index contributed by atoms with van der Waals surface area (Å²) in [6.07, 6.45) is 1.17. The predicted octanol–water partition coefficient (Wildman–Crippen LogP) is 5.17. The quantitative estimate of drug-likeness (QED) is 0.323. The Balaban J connectivity index is 1.43. The van der Waals surface area contributed by atoms with Gasteiger partial charge in [0.1, 0.15) is 11.6 Å². The monoisotopic (exact) mass is 414 g/mol. The summed E-state index contributed by atoms with van der Waals surface area (Å²) in [5, 5.41) is 12.0. The summed E-state index contributed by atoms with van der Waals surface area (Å²) in [5.74, 6) is 0.786. The molecule has 0 fully saturated rings. The van der Waals surface area contributed by atoms with E-state index in [-0.39, 0.29) is 11.8 Å². The van der Waals surface area contributed by atoms with Crippen molar-refractivity contribution in [2.45, 2.75) is 19.4 Å². The van der Waals surface area contributed by atoms with Gasteiger partial charge in [-0.3, -0.25) is 10.3 Å². The fourth-order valence-electron chi connectivity index (χ4n) is 3.44. The minimum atomic E-state index is -0.243. The minimum Gasteiger partial charge on any atom is -0.370 e. The summed E-state index contributed by atoms with van der Waals surface area (Å²) in [5.41, 5.74) is 9.09. The molecule has 1 aromatic heterocycles. The lowest BCUT2D eigenvalue weighted by Gasteiger charge is -2.19. The van der Waals surface area contributed by atoms with E-state index in [1.807, 2.05) is 72.8 Å². The maximum Gasteiger partial charge on any atom is 0.194 e. The average Bonchev–Trinajstić information content (AvgIpc) is 3.26. The zero-order chi connectivity index (χ0) is 21.6. The number of aromatic nitrogens is 1. The largest absolute Gasteiger partial charge is 0.370 e. The van der Waals surface area contributed by atoms with Crippen LogP contribution < -0.4 is 10.6 Å². The predicted molar refractivity (Wildman–Crippen MR) is 120 cm³/mol. The van der Waals surface area contributed by atoms with Crippen LogP contribution in [-0.4, -0.2) is 11.1 Å². The molecule has 0 saturated heterocycles. The molecule has 3 N–H and O–H groups in total. The van der Waals surface area contributed by atoms with Gasteiger partial charge in [0, 0.05) is 18.1 Å². The summed E-state index contributed by atoms with van der Waals surface area (Å²) in [7, 11) is 0. The van der Waals surface area contributed by atoms with Crippen LogP contribution in [0.2, 0.25) is 0 Å². The molecule has 1 heterocycles. The van der Waals surface area contributed by atoms with Gasteiger partial charge < -0.3 is 10.3 Å². The van der Waals surface area contributed by atoms with Gasteiger partial charge >= 0.3 is 0 Å². The number of nitrogens with zero attached hydrogens (tertiary/aromatic N) is 2. The van der Waals surface area contributed by atoms with Gasteiger partial charge in [-0.25, -0.2) is 4.39 Å². The highest BCUT2D eigenvalue weighted by Gasteiger charge is 2.16. The van der Waals surface area contributed by atoms with Gasteiger partial charge in [0.2, 0.25) is 0 Å². The Morgan fingerprint density at radius 2 is 1.61 bits per heavy atom. The smallest absolute Gasteiger partial charge is 0.194 e. The number of rotatable bonds is 7. The first kappa shape index (κ1) is 20.3. The molecule has 0 aliphatic rings. The molecule has 0 saturated carbocycles. The van der Waals surface area contributed by atoms with Gasteiger partial charge in [0.25, 0.3) is 0 Å². The van der Waals surface area contributed by atoms with Crippen molar-refractivity contribution < 1.29 is 8.91 Å². The molecule has 4 aromatic rings. The number of guanidine groups is 1. The number of hydrogen-bond donors (Lipinski definition) is 2. The topological polar surface area (TPSA) is 79.1 Å². The molecule has 0 amide bonds. The number of nitrogens with one attached hydrogen (secondary N) is 1. The molecular weight excluding hydrogens is 391 g/mol. The van der Waals surface area contributed by atoms with Crippen molar-refractivity contribution in [1.82, 2.24) is 5.16 Å². The van der Waals surface area contributed by atoms with Crippen molar-refractivity contribution in [3.63, 3.8) is 0 Å². The lowest BCUT2D eigenvalue weighted by molar-refractivity contribution is 0.384. The van der Waals surface area contributed by atoms with Crippen molar-refractivity contribution in [3.8, 4) is 11.1 Å². The van der Waals surface area contributed by atoms with Crippen LogP contribution in [0.4, 0.5) is 10.2 Å². The third kappa shape index (κ3) is 4.98. The number of benzene rings is 3. The van der Waals surface area contributed by atoms with E-state index in [4.69, 9.17) is 15.7 Å². The summed E-state index contributed by atoms with van der Waals surface area (Å²) >= 11 is 0. The average molecular weight is 414 g/mol. The van der Waals surface area contributed by atoms with E-state index in [0.717, 1.165) is 16.7 Å². The van der Waals surface area contributed by atoms with Gasteiger partial charge in [-0.2, -0.15) is 0 Å². The second-order valence-electron chi connectivity index (χ2n) is 7.29. The molecule has 0 unspecified atom stereocenters. The number of halogens is 1. The van der Waals surface area contributed by atoms with E-state index in [1.165, 1.54) is 0 Å². The summed E-state index contributed by atoms with van der Waals surface area (Å²) in [6.45, 7) is 0.425. The second-order valence-corrected chi connectivity index (χ2v) is 7.29. The third-order valence-corrected chi connectivity index (χ3v) is 5.08. The molecule has 31 heavy (non-hydrogen) atoms. The van der Waals surface area contributed by atoms with Crippen LogP contribution in [0.15, 0.2) is 89.5 Å². The van der Waals surface area contributed by atoms with E-state index in [0.29, 0.717) is 36.5 Å². The maximum atomic E-state index is 14.6. The van der Waals surface area contributed by atoms with Crippen molar-refractivity contribution in [2.75, 3.05) is 4.90 Å². The van der Waals surface area contributed by atoms with E-state index in [1.54, 1.807) is 17.0 Å². The summed E-state index contributed by atoms with van der Waals surface area (Å²) < 4.78 is 20.0. The molecule has 0 spiro atoms. The fraction of sp³-hybridized carbons (Fsp3) is 0.120. The highest BCUT2D eigenvalue weighted by atomic mass is 19.1. The molecule has 4 rings (SSSR count). The fourth-order valence-corrected chi connectivity index (χ4v) is 3.44. The Hall–Kier alpha value is -3.93. The van der Waals surface area contributed by atoms with E-state index in [2.05, 4.69) is 5.16 Å². The highest BCUT2D eigenvalue weighted by molar-refractivity contribution is 5.91. The van der Waals surface area contributed by atoms with Gasteiger partial charge in [-0.1, -0.05) is 78.0 Å². The Morgan fingerprint density at radius 1 is 0.903 bits per heavy atom. The summed E-state index contributed by atoms with van der Waals surface area (Å²) in [6, 6.07) is 26.3. The first-order valence-corrected chi connectivity index (χ1v) is 10.0. The highest BCUT2D eigenvalue weighted by Crippen LogP contribution is 2.24. The van der Waals surface area contributed by atoms with Crippen molar-refractivity contribution in [2.24, 2.45) is 5.73 Å². The van der Waals surface area contributed by atoms with Crippen molar-refractivity contribution >= 4 is 11.8 Å². The van der Waals surface area contributed by atoms with E-state index < -0.39 is 0 Å². The molecule has 3 aromatic carbocycles. The summed E-state index contributed by atoms with van der Waals surface area (Å²) in [4.78, 5) is 1.58. The normalized spacial score (nSPS) is 10.7.